The number of nitrogens with zero attached hydrogens (tertiary/aromatic N) is 5. The first-order chi connectivity index (χ1) is 19.2. The first-order valence-corrected chi connectivity index (χ1v) is 12.6. The predicted octanol–water partition coefficient (Wildman–Crippen LogP) is 3.31. The van der Waals surface area contributed by atoms with Gasteiger partial charge in [-0.25, -0.2) is 13.9 Å². The molecule has 4 heterocycles. The van der Waals surface area contributed by atoms with Crippen molar-refractivity contribution < 1.29 is 33.0 Å². The van der Waals surface area contributed by atoms with Crippen molar-refractivity contribution in [1.82, 2.24) is 25.5 Å². The van der Waals surface area contributed by atoms with E-state index in [2.05, 4.69) is 20.8 Å². The number of ether oxygens (including phenoxy) is 3. The number of hydrogen-bond acceptors (Lipinski definition) is 10. The molecule has 0 spiro atoms. The van der Waals surface area contributed by atoms with Crippen LogP contribution in [0.1, 0.15) is 26.5 Å². The second kappa shape index (κ2) is 11.4. The standard InChI is InChI=1S/C27H29FN6O6/c1-27(2,3)25(35)38-16-37-15-19-11-24(31-40-19)23-7-4-17(12-29-23)21-6-5-18(10-22(21)28)34-14-20(39-26(34)36)13-33-9-8-30-32-33/h4-12,19-20,31H,13-16H2,1-3H3/t19?,20-/m0/s1. The van der Waals surface area contributed by atoms with E-state index >= 15 is 4.39 Å². The number of nitrogens with one attached hydrogen (secondary N) is 1. The van der Waals surface area contributed by atoms with Gasteiger partial charge < -0.3 is 14.2 Å². The number of hydroxylamine groups is 1. The van der Waals surface area contributed by atoms with E-state index in [1.165, 1.54) is 11.0 Å². The van der Waals surface area contributed by atoms with E-state index in [1.807, 2.05) is 0 Å². The molecule has 5 rings (SSSR count). The third-order valence-electron chi connectivity index (χ3n) is 6.19. The van der Waals surface area contributed by atoms with Gasteiger partial charge in [0, 0.05) is 23.5 Å². The number of hydrogen-bond donors (Lipinski definition) is 1. The lowest BCUT2D eigenvalue weighted by Crippen LogP contribution is -2.26. The average Bonchev–Trinajstić information content (AvgIpc) is 3.68. The molecule has 1 aromatic carbocycles. The quantitative estimate of drug-likeness (QED) is 0.240. The zero-order valence-electron chi connectivity index (χ0n) is 22.2. The molecule has 0 saturated carbocycles. The molecule has 0 bridgehead atoms. The molecule has 2 aromatic heterocycles. The monoisotopic (exact) mass is 552 g/mol. The molecule has 13 heteroatoms. The molecule has 1 fully saturated rings. The molecule has 1 N–H and O–H groups in total. The molecule has 12 nitrogen and oxygen atoms in total. The zero-order valence-corrected chi connectivity index (χ0v) is 22.2. The lowest BCUT2D eigenvalue weighted by Gasteiger charge is -2.16. The summed E-state index contributed by atoms with van der Waals surface area (Å²) < 4.78 is 32.5. The highest BCUT2D eigenvalue weighted by atomic mass is 19.1. The Morgan fingerprint density at radius 3 is 2.80 bits per heavy atom. The molecule has 1 unspecified atom stereocenters. The smallest absolute Gasteiger partial charge is 0.414 e. The van der Waals surface area contributed by atoms with Crippen molar-refractivity contribution in [2.24, 2.45) is 5.41 Å². The summed E-state index contributed by atoms with van der Waals surface area (Å²) in [5.41, 5.74) is 4.75. The van der Waals surface area contributed by atoms with Gasteiger partial charge in [-0.1, -0.05) is 11.3 Å². The van der Waals surface area contributed by atoms with Gasteiger partial charge in [0.25, 0.3) is 0 Å². The highest BCUT2D eigenvalue weighted by molar-refractivity contribution is 5.90. The van der Waals surface area contributed by atoms with Crippen LogP contribution in [0.25, 0.3) is 16.8 Å². The Morgan fingerprint density at radius 1 is 1.25 bits per heavy atom. The van der Waals surface area contributed by atoms with Crippen LogP contribution in [0.15, 0.2) is 55.0 Å². The summed E-state index contributed by atoms with van der Waals surface area (Å²) in [6, 6.07) is 8.07. The summed E-state index contributed by atoms with van der Waals surface area (Å²) in [6.07, 6.45) is 5.22. The molecule has 40 heavy (non-hydrogen) atoms. The molecule has 0 aliphatic carbocycles. The number of anilines is 1. The molecule has 1 amide bonds. The Labute approximate surface area is 229 Å². The lowest BCUT2D eigenvalue weighted by atomic mass is 9.98. The van der Waals surface area contributed by atoms with E-state index in [9.17, 15) is 9.59 Å². The van der Waals surface area contributed by atoms with Crippen molar-refractivity contribution in [3.63, 3.8) is 0 Å². The van der Waals surface area contributed by atoms with Gasteiger partial charge in [0.2, 0.25) is 0 Å². The van der Waals surface area contributed by atoms with E-state index in [0.717, 1.165) is 0 Å². The minimum absolute atomic E-state index is 0.168. The van der Waals surface area contributed by atoms with E-state index in [-0.39, 0.29) is 25.9 Å². The topological polar surface area (TPSA) is 130 Å². The van der Waals surface area contributed by atoms with Crippen LogP contribution in [0.5, 0.6) is 0 Å². The Hall–Kier alpha value is -4.36. The fourth-order valence-corrected chi connectivity index (χ4v) is 4.07. The number of cyclic esters (lactones) is 1. The third kappa shape index (κ3) is 6.26. The Kier molecular flexibility index (Phi) is 7.76. The second-order valence-electron chi connectivity index (χ2n) is 10.3. The fraction of sp³-hybridized carbons (Fsp3) is 0.370. The SMILES string of the molecule is CC(C)(C)C(=O)OCOCC1C=C(c2ccc(-c3ccc(N4C[C@H](Cn5ccnn5)OC4=O)cc3F)cn2)NO1. The maximum absolute atomic E-state index is 15.1. The largest absolute Gasteiger partial charge is 0.442 e. The van der Waals surface area contributed by atoms with Crippen molar-refractivity contribution in [1.29, 1.82) is 0 Å². The molecule has 2 aliphatic heterocycles. The number of carbonyl (C=O) groups excluding carboxylic acids is 2. The van der Waals surface area contributed by atoms with Crippen LogP contribution in [0.4, 0.5) is 14.9 Å². The first kappa shape index (κ1) is 27.2. The normalized spacial score (nSPS) is 18.9. The lowest BCUT2D eigenvalue weighted by molar-refractivity contribution is -0.168. The van der Waals surface area contributed by atoms with Crippen LogP contribution in [-0.2, 0) is 30.4 Å². The van der Waals surface area contributed by atoms with Gasteiger partial charge in [0.15, 0.2) is 6.79 Å². The number of rotatable bonds is 9. The van der Waals surface area contributed by atoms with Crippen LogP contribution >= 0.6 is 0 Å². The Morgan fingerprint density at radius 2 is 2.10 bits per heavy atom. The van der Waals surface area contributed by atoms with Crippen molar-refractivity contribution in [2.45, 2.75) is 39.5 Å². The average molecular weight is 553 g/mol. The second-order valence-corrected chi connectivity index (χ2v) is 10.3. The predicted molar refractivity (Wildman–Crippen MR) is 140 cm³/mol. The Bertz CT molecular complexity index is 1390. The van der Waals surface area contributed by atoms with Gasteiger partial charge in [-0.3, -0.25) is 25.0 Å². The molecule has 2 aliphatic rings. The number of halogens is 1. The molecule has 210 valence electrons. The molecule has 0 radical (unpaired) electrons. The van der Waals surface area contributed by atoms with Gasteiger partial charge in [-0.15, -0.1) is 5.10 Å². The molecular weight excluding hydrogens is 523 g/mol. The van der Waals surface area contributed by atoms with Crippen LogP contribution in [0.2, 0.25) is 0 Å². The zero-order chi connectivity index (χ0) is 28.3. The first-order valence-electron chi connectivity index (χ1n) is 12.6. The van der Waals surface area contributed by atoms with Gasteiger partial charge in [0.05, 0.1) is 48.4 Å². The van der Waals surface area contributed by atoms with E-state index in [0.29, 0.717) is 34.8 Å². The van der Waals surface area contributed by atoms with E-state index < -0.39 is 29.5 Å². The number of pyridine rings is 1. The van der Waals surface area contributed by atoms with Crippen molar-refractivity contribution >= 4 is 23.4 Å². The van der Waals surface area contributed by atoms with Gasteiger partial charge >= 0.3 is 12.1 Å². The van der Waals surface area contributed by atoms with Gasteiger partial charge in [-0.2, -0.15) is 0 Å². The minimum Gasteiger partial charge on any atom is -0.442 e. The van der Waals surface area contributed by atoms with Crippen LogP contribution in [0, 0.1) is 11.2 Å². The number of carbonyl (C=O) groups is 2. The summed E-state index contributed by atoms with van der Waals surface area (Å²) in [5, 5.41) is 7.62. The van der Waals surface area contributed by atoms with Crippen LogP contribution < -0.4 is 10.4 Å². The summed E-state index contributed by atoms with van der Waals surface area (Å²) in [5.74, 6) is -0.846. The number of amides is 1. The summed E-state index contributed by atoms with van der Waals surface area (Å²) in [4.78, 5) is 35.5. The van der Waals surface area contributed by atoms with E-state index in [4.69, 9.17) is 19.0 Å². The van der Waals surface area contributed by atoms with Crippen LogP contribution in [0.3, 0.4) is 0 Å². The third-order valence-corrected chi connectivity index (χ3v) is 6.19. The van der Waals surface area contributed by atoms with E-state index in [1.54, 1.807) is 74.4 Å². The highest BCUT2D eigenvalue weighted by Gasteiger charge is 2.33. The van der Waals surface area contributed by atoms with Crippen molar-refractivity contribution in [3.8, 4) is 11.1 Å². The highest BCUT2D eigenvalue weighted by Crippen LogP contribution is 2.30. The van der Waals surface area contributed by atoms with Crippen molar-refractivity contribution in [2.75, 3.05) is 24.8 Å². The summed E-state index contributed by atoms with van der Waals surface area (Å²) in [6.45, 7) is 5.93. The summed E-state index contributed by atoms with van der Waals surface area (Å²) in [7, 11) is 0. The fourth-order valence-electron chi connectivity index (χ4n) is 4.07. The van der Waals surface area contributed by atoms with Crippen LogP contribution in [-0.4, -0.2) is 64.2 Å². The molecular formula is C27H29FN6O6. The van der Waals surface area contributed by atoms with Gasteiger partial charge in [-0.05, 0) is 51.1 Å². The number of benzene rings is 1. The maximum Gasteiger partial charge on any atom is 0.414 e. The number of esters is 1. The summed E-state index contributed by atoms with van der Waals surface area (Å²) >= 11 is 0. The maximum atomic E-state index is 15.1. The van der Waals surface area contributed by atoms with Crippen molar-refractivity contribution in [3.05, 3.63) is 66.5 Å². The Balaban J connectivity index is 1.17. The molecule has 1 saturated heterocycles. The van der Waals surface area contributed by atoms with Gasteiger partial charge in [0.1, 0.15) is 18.0 Å². The number of aromatic nitrogens is 4. The minimum atomic E-state index is -0.602. The molecule has 2 atom stereocenters. The molecule has 3 aromatic rings.